The first-order chi connectivity index (χ1) is 12.7. The maximum atomic E-state index is 13.2. The topological polar surface area (TPSA) is 64.0 Å². The van der Waals surface area contributed by atoms with Crippen molar-refractivity contribution in [2.75, 3.05) is 5.32 Å². The van der Waals surface area contributed by atoms with Crippen molar-refractivity contribution in [3.05, 3.63) is 69.6 Å². The maximum absolute atomic E-state index is 13.2. The first-order valence-corrected chi connectivity index (χ1v) is 8.10. The van der Waals surface area contributed by atoms with Crippen LogP contribution in [0.5, 0.6) is 0 Å². The van der Waals surface area contributed by atoms with Crippen molar-refractivity contribution in [1.82, 2.24) is 9.55 Å². The van der Waals surface area contributed by atoms with Gasteiger partial charge in [0.2, 0.25) is 11.6 Å². The molecule has 3 rings (SSSR count). The van der Waals surface area contributed by atoms with Crippen LogP contribution in [0.2, 0.25) is 0 Å². The monoisotopic (exact) mass is 375 g/mol. The molecule has 3 aromatic rings. The predicted molar refractivity (Wildman–Crippen MR) is 95.6 cm³/mol. The predicted octanol–water partition coefficient (Wildman–Crippen LogP) is 3.67. The molecule has 1 heterocycles. The second-order valence-corrected chi connectivity index (χ2v) is 6.20. The lowest BCUT2D eigenvalue weighted by Crippen LogP contribution is -2.34. The zero-order chi connectivity index (χ0) is 19.8. The minimum absolute atomic E-state index is 0.0104. The second-order valence-electron chi connectivity index (χ2n) is 6.20. The van der Waals surface area contributed by atoms with E-state index < -0.39 is 29.9 Å². The number of carbonyl (C=O) groups is 1. The molecule has 5 nitrogen and oxygen atoms in total. The lowest BCUT2D eigenvalue weighted by molar-refractivity contribution is -0.142. The molecule has 1 amide bonds. The highest BCUT2D eigenvalue weighted by molar-refractivity contribution is 5.92. The molecule has 27 heavy (non-hydrogen) atoms. The highest BCUT2D eigenvalue weighted by Gasteiger charge is 2.37. The molecule has 0 aliphatic rings. The molecule has 0 saturated carbocycles. The fraction of sp³-hybridized carbons (Fsp3) is 0.211. The molecule has 0 unspecified atom stereocenters. The average molecular weight is 375 g/mol. The molecule has 0 atom stereocenters. The van der Waals surface area contributed by atoms with Crippen molar-refractivity contribution in [2.45, 2.75) is 26.6 Å². The highest BCUT2D eigenvalue weighted by Crippen LogP contribution is 2.26. The van der Waals surface area contributed by atoms with Crippen LogP contribution >= 0.6 is 0 Å². The van der Waals surface area contributed by atoms with E-state index in [2.05, 4.69) is 10.3 Å². The first-order valence-electron chi connectivity index (χ1n) is 8.10. The minimum atomic E-state index is -4.91. The van der Waals surface area contributed by atoms with E-state index in [0.717, 1.165) is 15.7 Å². The summed E-state index contributed by atoms with van der Waals surface area (Å²) in [5.74, 6) is -0.603. The van der Waals surface area contributed by atoms with Gasteiger partial charge in [0.15, 0.2) is 0 Å². The molecular formula is C19H16F3N3O2. The van der Waals surface area contributed by atoms with E-state index >= 15 is 0 Å². The molecule has 0 saturated heterocycles. The van der Waals surface area contributed by atoms with Gasteiger partial charge in [-0.25, -0.2) is 4.98 Å². The zero-order valence-electron chi connectivity index (χ0n) is 14.6. The molecule has 1 N–H and O–H groups in total. The lowest BCUT2D eigenvalue weighted by Gasteiger charge is -2.14. The third-order valence-electron chi connectivity index (χ3n) is 4.08. The molecular weight excluding hydrogens is 359 g/mol. The Morgan fingerprint density at radius 3 is 2.52 bits per heavy atom. The number of benzene rings is 2. The number of para-hydroxylation sites is 2. The number of aryl methyl sites for hydroxylation is 2. The Balaban J connectivity index is 2.02. The summed E-state index contributed by atoms with van der Waals surface area (Å²) in [6.45, 7) is 3.15. The van der Waals surface area contributed by atoms with Crippen molar-refractivity contribution >= 4 is 22.6 Å². The number of aromatic nitrogens is 2. The van der Waals surface area contributed by atoms with E-state index in [1.54, 1.807) is 25.1 Å². The quantitative estimate of drug-likeness (QED) is 0.760. The van der Waals surface area contributed by atoms with Crippen molar-refractivity contribution < 1.29 is 18.0 Å². The molecule has 2 aromatic carbocycles. The average Bonchev–Trinajstić information content (AvgIpc) is 2.58. The molecule has 0 aliphatic carbocycles. The Morgan fingerprint density at radius 1 is 1.15 bits per heavy atom. The molecule has 0 spiro atoms. The summed E-state index contributed by atoms with van der Waals surface area (Å²) in [6.07, 6.45) is -4.91. The first kappa shape index (κ1) is 18.6. The standard InChI is InChI=1S/C19H16F3N3O2/c1-11-7-8-13(12(2)9-11)23-16(26)10-25-15-6-4-3-5-14(15)24-17(18(25)27)19(20,21)22/h3-9H,10H2,1-2H3,(H,23,26). The molecule has 0 fully saturated rings. The summed E-state index contributed by atoms with van der Waals surface area (Å²) in [4.78, 5) is 28.2. The van der Waals surface area contributed by atoms with Crippen LogP contribution in [0.3, 0.4) is 0 Å². The summed E-state index contributed by atoms with van der Waals surface area (Å²) in [5.41, 5.74) is -0.386. The molecule has 0 radical (unpaired) electrons. The number of amides is 1. The van der Waals surface area contributed by atoms with Crippen LogP contribution in [0.4, 0.5) is 18.9 Å². The summed E-state index contributed by atoms with van der Waals surface area (Å²) in [7, 11) is 0. The van der Waals surface area contributed by atoms with Crippen LogP contribution in [-0.4, -0.2) is 15.5 Å². The minimum Gasteiger partial charge on any atom is -0.324 e. The maximum Gasteiger partial charge on any atom is 0.438 e. The molecule has 0 bridgehead atoms. The van der Waals surface area contributed by atoms with E-state index in [4.69, 9.17) is 0 Å². The molecule has 140 valence electrons. The Kier molecular flexibility index (Phi) is 4.73. The lowest BCUT2D eigenvalue weighted by atomic mass is 10.1. The van der Waals surface area contributed by atoms with E-state index in [1.807, 2.05) is 13.0 Å². The molecule has 0 aliphatic heterocycles. The number of rotatable bonds is 3. The van der Waals surface area contributed by atoms with Gasteiger partial charge in [0, 0.05) is 5.69 Å². The number of nitrogens with zero attached hydrogens (tertiary/aromatic N) is 2. The number of fused-ring (bicyclic) bond motifs is 1. The fourth-order valence-corrected chi connectivity index (χ4v) is 2.82. The van der Waals surface area contributed by atoms with Gasteiger partial charge in [-0.3, -0.25) is 14.2 Å². The number of anilines is 1. The summed E-state index contributed by atoms with van der Waals surface area (Å²) < 4.78 is 40.3. The van der Waals surface area contributed by atoms with Gasteiger partial charge in [-0.1, -0.05) is 29.8 Å². The number of halogens is 3. The normalized spacial score (nSPS) is 11.6. The van der Waals surface area contributed by atoms with Crippen LogP contribution in [0.15, 0.2) is 47.3 Å². The Morgan fingerprint density at radius 2 is 1.85 bits per heavy atom. The Labute approximate surface area is 152 Å². The summed E-state index contributed by atoms with van der Waals surface area (Å²) >= 11 is 0. The summed E-state index contributed by atoms with van der Waals surface area (Å²) in [5, 5.41) is 2.64. The van der Waals surface area contributed by atoms with Gasteiger partial charge in [-0.05, 0) is 37.6 Å². The van der Waals surface area contributed by atoms with Crippen LogP contribution in [0, 0.1) is 13.8 Å². The van der Waals surface area contributed by atoms with Crippen LogP contribution in [0.1, 0.15) is 16.8 Å². The summed E-state index contributed by atoms with van der Waals surface area (Å²) in [6, 6.07) is 11.3. The van der Waals surface area contributed by atoms with Gasteiger partial charge < -0.3 is 5.32 Å². The van der Waals surface area contributed by atoms with Gasteiger partial charge in [0.05, 0.1) is 11.0 Å². The van der Waals surface area contributed by atoms with Crippen molar-refractivity contribution in [1.29, 1.82) is 0 Å². The number of hydrogen-bond donors (Lipinski definition) is 1. The van der Waals surface area contributed by atoms with Crippen molar-refractivity contribution in [3.8, 4) is 0 Å². The smallest absolute Gasteiger partial charge is 0.324 e. The highest BCUT2D eigenvalue weighted by atomic mass is 19.4. The number of carbonyl (C=O) groups excluding carboxylic acids is 1. The Hall–Kier alpha value is -3.16. The van der Waals surface area contributed by atoms with Crippen LogP contribution < -0.4 is 10.9 Å². The zero-order valence-corrected chi connectivity index (χ0v) is 14.6. The van der Waals surface area contributed by atoms with E-state index in [1.165, 1.54) is 18.2 Å². The van der Waals surface area contributed by atoms with E-state index in [9.17, 15) is 22.8 Å². The van der Waals surface area contributed by atoms with Crippen LogP contribution in [0.25, 0.3) is 11.0 Å². The van der Waals surface area contributed by atoms with Gasteiger partial charge in [0.25, 0.3) is 5.56 Å². The largest absolute Gasteiger partial charge is 0.438 e. The van der Waals surface area contributed by atoms with Crippen molar-refractivity contribution in [3.63, 3.8) is 0 Å². The number of alkyl halides is 3. The Bertz CT molecular complexity index is 1090. The number of nitrogens with one attached hydrogen (secondary N) is 1. The van der Waals surface area contributed by atoms with Gasteiger partial charge >= 0.3 is 6.18 Å². The molecule has 1 aromatic heterocycles. The number of hydrogen-bond acceptors (Lipinski definition) is 3. The van der Waals surface area contributed by atoms with Crippen LogP contribution in [-0.2, 0) is 17.5 Å². The fourth-order valence-electron chi connectivity index (χ4n) is 2.82. The second kappa shape index (κ2) is 6.86. The van der Waals surface area contributed by atoms with Gasteiger partial charge in [0.1, 0.15) is 6.54 Å². The van der Waals surface area contributed by atoms with Crippen molar-refractivity contribution in [2.24, 2.45) is 0 Å². The van der Waals surface area contributed by atoms with Gasteiger partial charge in [-0.15, -0.1) is 0 Å². The van der Waals surface area contributed by atoms with E-state index in [0.29, 0.717) is 5.69 Å². The SMILES string of the molecule is Cc1ccc(NC(=O)Cn2c(=O)c(C(F)(F)F)nc3ccccc32)c(C)c1. The van der Waals surface area contributed by atoms with E-state index in [-0.39, 0.29) is 11.0 Å². The van der Waals surface area contributed by atoms with Gasteiger partial charge in [-0.2, -0.15) is 13.2 Å². The third kappa shape index (κ3) is 3.84. The third-order valence-corrected chi connectivity index (χ3v) is 4.08. The molecule has 8 heteroatoms.